The molecule has 0 bridgehead atoms. The Hall–Kier alpha value is -2.03. The van der Waals surface area contributed by atoms with Gasteiger partial charge >= 0.3 is 12.3 Å². The summed E-state index contributed by atoms with van der Waals surface area (Å²) in [5.41, 5.74) is -0.376. The number of rotatable bonds is 3. The molecule has 22 heavy (non-hydrogen) atoms. The zero-order valence-corrected chi connectivity index (χ0v) is 12.8. The summed E-state index contributed by atoms with van der Waals surface area (Å²) in [6.45, 7) is 1.59. The first-order valence-corrected chi connectivity index (χ1v) is 6.90. The van der Waals surface area contributed by atoms with Gasteiger partial charge in [-0.05, 0) is 25.1 Å². The number of anilines is 1. The van der Waals surface area contributed by atoms with Crippen LogP contribution in [0.1, 0.15) is 17.3 Å². The molecule has 0 atom stereocenters. The van der Waals surface area contributed by atoms with Crippen LogP contribution < -0.4 is 5.32 Å². The Labute approximate surface area is 130 Å². The molecular formula is C13H10BrF3N2O3. The molecule has 118 valence electrons. The number of carbonyl (C=O) groups excluding carboxylic acids is 2. The number of H-pyrrole nitrogens is 1. The zero-order chi connectivity index (χ0) is 16.5. The van der Waals surface area contributed by atoms with E-state index in [2.05, 4.69) is 31.0 Å². The van der Waals surface area contributed by atoms with E-state index in [4.69, 9.17) is 0 Å². The number of ketones is 1. The predicted molar refractivity (Wildman–Crippen MR) is 77.0 cm³/mol. The molecule has 2 aromatic rings. The van der Waals surface area contributed by atoms with Crippen LogP contribution in [0.5, 0.6) is 0 Å². The van der Waals surface area contributed by atoms with Gasteiger partial charge in [-0.15, -0.1) is 0 Å². The Morgan fingerprint density at radius 3 is 2.64 bits per heavy atom. The van der Waals surface area contributed by atoms with Crippen molar-refractivity contribution in [1.29, 1.82) is 0 Å². The summed E-state index contributed by atoms with van der Waals surface area (Å²) in [7, 11) is 0. The van der Waals surface area contributed by atoms with Crippen LogP contribution in [-0.4, -0.2) is 29.6 Å². The summed E-state index contributed by atoms with van der Waals surface area (Å²) in [5, 5.41) is 2.17. The summed E-state index contributed by atoms with van der Waals surface area (Å²) in [6, 6.07) is 4.44. The van der Waals surface area contributed by atoms with Gasteiger partial charge in [0.05, 0.1) is 12.2 Å². The number of benzene rings is 1. The lowest BCUT2D eigenvalue weighted by atomic mass is 10.1. The monoisotopic (exact) mass is 378 g/mol. The molecular weight excluding hydrogens is 369 g/mol. The molecule has 1 heterocycles. The van der Waals surface area contributed by atoms with E-state index in [0.717, 1.165) is 0 Å². The second-order valence-electron chi connectivity index (χ2n) is 4.24. The van der Waals surface area contributed by atoms with Crippen molar-refractivity contribution >= 4 is 44.5 Å². The number of amides is 1. The summed E-state index contributed by atoms with van der Waals surface area (Å²) >= 11 is 3.13. The van der Waals surface area contributed by atoms with Crippen LogP contribution in [0.25, 0.3) is 10.9 Å². The molecule has 0 unspecified atom stereocenters. The Morgan fingerprint density at radius 2 is 2.05 bits per heavy atom. The number of carbonyl (C=O) groups is 2. The molecule has 0 saturated carbocycles. The topological polar surface area (TPSA) is 71.2 Å². The van der Waals surface area contributed by atoms with Crippen LogP contribution in [0.4, 0.5) is 23.8 Å². The Kier molecular flexibility index (Phi) is 4.45. The fourth-order valence-corrected chi connectivity index (χ4v) is 2.27. The quantitative estimate of drug-likeness (QED) is 0.784. The number of ether oxygens (including phenoxy) is 1. The minimum Gasteiger partial charge on any atom is -0.450 e. The Morgan fingerprint density at radius 1 is 1.36 bits per heavy atom. The molecule has 1 amide bonds. The summed E-state index contributed by atoms with van der Waals surface area (Å²) in [4.78, 5) is 25.7. The third kappa shape index (κ3) is 3.24. The van der Waals surface area contributed by atoms with Crippen molar-refractivity contribution in [3.63, 3.8) is 0 Å². The van der Waals surface area contributed by atoms with Gasteiger partial charge in [0.2, 0.25) is 0 Å². The standard InChI is InChI=1S/C13H10BrF3N2O3/c1-2-22-12(21)19-11-9(10(20)13(15,16)17)7-5-6(14)3-4-8(7)18-11/h3-5,18H,2H2,1H3,(H,19,21). The second-order valence-corrected chi connectivity index (χ2v) is 5.15. The maximum Gasteiger partial charge on any atom is 0.455 e. The lowest BCUT2D eigenvalue weighted by Crippen LogP contribution is -2.24. The third-order valence-corrected chi connectivity index (χ3v) is 3.24. The summed E-state index contributed by atoms with van der Waals surface area (Å²) in [6.07, 6.45) is -6.02. The second kappa shape index (κ2) is 5.99. The Balaban J connectivity index is 2.59. The molecule has 0 aliphatic carbocycles. The van der Waals surface area contributed by atoms with Crippen molar-refractivity contribution in [1.82, 2.24) is 4.98 Å². The maximum atomic E-state index is 12.8. The SMILES string of the molecule is CCOC(=O)Nc1[nH]c2ccc(Br)cc2c1C(=O)C(F)(F)F. The largest absolute Gasteiger partial charge is 0.455 e. The number of aromatic amines is 1. The van der Waals surface area contributed by atoms with Crippen molar-refractivity contribution < 1.29 is 27.5 Å². The molecule has 0 radical (unpaired) electrons. The first-order chi connectivity index (χ1) is 10.2. The average molecular weight is 379 g/mol. The smallest absolute Gasteiger partial charge is 0.450 e. The van der Waals surface area contributed by atoms with Gasteiger partial charge in [0, 0.05) is 15.4 Å². The van der Waals surface area contributed by atoms with Gasteiger partial charge in [-0.1, -0.05) is 15.9 Å². The molecule has 0 aliphatic rings. The van der Waals surface area contributed by atoms with Crippen molar-refractivity contribution in [2.24, 2.45) is 0 Å². The van der Waals surface area contributed by atoms with E-state index in [0.29, 0.717) is 4.47 Å². The van der Waals surface area contributed by atoms with Crippen molar-refractivity contribution in [2.75, 3.05) is 11.9 Å². The van der Waals surface area contributed by atoms with Crippen molar-refractivity contribution in [2.45, 2.75) is 13.1 Å². The number of aromatic nitrogens is 1. The lowest BCUT2D eigenvalue weighted by Gasteiger charge is -2.08. The Bertz CT molecular complexity index is 740. The molecule has 2 N–H and O–H groups in total. The maximum absolute atomic E-state index is 12.8. The van der Waals surface area contributed by atoms with Gasteiger partial charge in [0.25, 0.3) is 5.78 Å². The van der Waals surface area contributed by atoms with E-state index in [1.54, 1.807) is 13.0 Å². The van der Waals surface area contributed by atoms with E-state index in [1.807, 2.05) is 0 Å². The zero-order valence-electron chi connectivity index (χ0n) is 11.2. The van der Waals surface area contributed by atoms with Gasteiger partial charge in [-0.2, -0.15) is 13.2 Å². The molecule has 5 nitrogen and oxygen atoms in total. The number of halogens is 4. The number of nitrogens with one attached hydrogen (secondary N) is 2. The van der Waals surface area contributed by atoms with Crippen LogP contribution >= 0.6 is 15.9 Å². The normalized spacial score (nSPS) is 11.5. The highest BCUT2D eigenvalue weighted by molar-refractivity contribution is 9.10. The number of hydrogen-bond acceptors (Lipinski definition) is 3. The molecule has 0 spiro atoms. The highest BCUT2D eigenvalue weighted by Gasteiger charge is 2.42. The van der Waals surface area contributed by atoms with Gasteiger partial charge in [0.1, 0.15) is 5.82 Å². The van der Waals surface area contributed by atoms with E-state index in [1.165, 1.54) is 12.1 Å². The average Bonchev–Trinajstić information content (AvgIpc) is 2.74. The van der Waals surface area contributed by atoms with Crippen LogP contribution in [0.3, 0.4) is 0 Å². The third-order valence-electron chi connectivity index (χ3n) is 2.75. The highest BCUT2D eigenvalue weighted by Crippen LogP contribution is 2.34. The fourth-order valence-electron chi connectivity index (χ4n) is 1.90. The van der Waals surface area contributed by atoms with Crippen LogP contribution in [0, 0.1) is 0 Å². The predicted octanol–water partition coefficient (Wildman–Crippen LogP) is 4.24. The first-order valence-electron chi connectivity index (χ1n) is 6.10. The molecule has 9 heteroatoms. The minimum absolute atomic E-state index is 0.0418. The minimum atomic E-state index is -5.07. The van der Waals surface area contributed by atoms with Gasteiger partial charge < -0.3 is 9.72 Å². The summed E-state index contributed by atoms with van der Waals surface area (Å²) in [5.74, 6) is -2.41. The van der Waals surface area contributed by atoms with Crippen molar-refractivity contribution in [3.05, 3.63) is 28.2 Å². The molecule has 1 aromatic heterocycles. The number of alkyl halides is 3. The van der Waals surface area contributed by atoms with Gasteiger partial charge in [-0.25, -0.2) is 4.79 Å². The van der Waals surface area contributed by atoms with Crippen LogP contribution in [0.15, 0.2) is 22.7 Å². The van der Waals surface area contributed by atoms with Crippen molar-refractivity contribution in [3.8, 4) is 0 Å². The molecule has 0 fully saturated rings. The lowest BCUT2D eigenvalue weighted by molar-refractivity contribution is -0.0883. The van der Waals surface area contributed by atoms with E-state index in [9.17, 15) is 22.8 Å². The highest BCUT2D eigenvalue weighted by atomic mass is 79.9. The van der Waals surface area contributed by atoms with Crippen LogP contribution in [-0.2, 0) is 4.74 Å². The number of fused-ring (bicyclic) bond motifs is 1. The van der Waals surface area contributed by atoms with E-state index < -0.39 is 23.6 Å². The van der Waals surface area contributed by atoms with Gasteiger partial charge in [-0.3, -0.25) is 10.1 Å². The van der Waals surface area contributed by atoms with E-state index >= 15 is 0 Å². The van der Waals surface area contributed by atoms with Gasteiger partial charge in [0.15, 0.2) is 0 Å². The molecule has 0 saturated heterocycles. The first kappa shape index (κ1) is 16.3. The fraction of sp³-hybridized carbons (Fsp3) is 0.231. The molecule has 2 rings (SSSR count). The molecule has 1 aromatic carbocycles. The molecule has 0 aliphatic heterocycles. The summed E-state index contributed by atoms with van der Waals surface area (Å²) < 4.78 is 43.5. The van der Waals surface area contributed by atoms with E-state index in [-0.39, 0.29) is 23.3 Å². The van der Waals surface area contributed by atoms with Crippen LogP contribution in [0.2, 0.25) is 0 Å². The number of hydrogen-bond donors (Lipinski definition) is 2. The number of Topliss-reactive ketones (excluding diaryl/α,β-unsaturated/α-hetero) is 1.